The minimum absolute atomic E-state index is 0.528. The van der Waals surface area contributed by atoms with E-state index in [1.54, 1.807) is 0 Å². The van der Waals surface area contributed by atoms with Crippen LogP contribution in [0.2, 0.25) is 0 Å². The normalized spacial score (nSPS) is 22.5. The fraction of sp³-hybridized carbons (Fsp3) is 0.368. The molecule has 3 rings (SSSR count). The third-order valence-electron chi connectivity index (χ3n) is 4.40. The summed E-state index contributed by atoms with van der Waals surface area (Å²) < 4.78 is 0. The molecule has 1 nitrogen and oxygen atoms in total. The van der Waals surface area contributed by atoms with Gasteiger partial charge in [0.25, 0.3) is 0 Å². The number of nitrogens with one attached hydrogen (secondary N) is 1. The van der Waals surface area contributed by atoms with E-state index in [1.807, 2.05) is 0 Å². The summed E-state index contributed by atoms with van der Waals surface area (Å²) >= 11 is 0. The Balaban J connectivity index is 1.81. The summed E-state index contributed by atoms with van der Waals surface area (Å²) in [6, 6.07) is 20.2. The van der Waals surface area contributed by atoms with Crippen molar-refractivity contribution in [3.8, 4) is 11.1 Å². The maximum Gasteiger partial charge on any atom is 0.0351 e. The van der Waals surface area contributed by atoms with Gasteiger partial charge in [0.1, 0.15) is 0 Å². The van der Waals surface area contributed by atoms with E-state index in [1.165, 1.54) is 23.1 Å². The minimum atomic E-state index is 0.528. The molecule has 104 valence electrons. The highest BCUT2D eigenvalue weighted by molar-refractivity contribution is 5.63. The lowest BCUT2D eigenvalue weighted by Crippen LogP contribution is -2.23. The topological polar surface area (TPSA) is 12.0 Å². The van der Waals surface area contributed by atoms with E-state index in [-0.39, 0.29) is 0 Å². The SMILES string of the molecule is CCNC(c1ccc(-c2ccccc2)cc1)C1CC1C. The molecule has 20 heavy (non-hydrogen) atoms. The van der Waals surface area contributed by atoms with Crippen molar-refractivity contribution >= 4 is 0 Å². The van der Waals surface area contributed by atoms with Crippen molar-refractivity contribution in [3.63, 3.8) is 0 Å². The van der Waals surface area contributed by atoms with Crippen molar-refractivity contribution in [2.75, 3.05) is 6.54 Å². The van der Waals surface area contributed by atoms with Gasteiger partial charge in [-0.25, -0.2) is 0 Å². The highest BCUT2D eigenvalue weighted by atomic mass is 14.9. The van der Waals surface area contributed by atoms with Crippen LogP contribution in [0.1, 0.15) is 31.9 Å². The second-order valence-corrected chi connectivity index (χ2v) is 5.90. The molecule has 1 aliphatic carbocycles. The van der Waals surface area contributed by atoms with E-state index in [2.05, 4.69) is 73.8 Å². The summed E-state index contributed by atoms with van der Waals surface area (Å²) in [5.74, 6) is 1.69. The highest BCUT2D eigenvalue weighted by Crippen LogP contribution is 2.47. The van der Waals surface area contributed by atoms with Crippen LogP contribution in [0.3, 0.4) is 0 Å². The molecule has 0 amide bonds. The zero-order valence-electron chi connectivity index (χ0n) is 12.3. The van der Waals surface area contributed by atoms with Gasteiger partial charge in [0, 0.05) is 6.04 Å². The standard InChI is InChI=1S/C19H23N/c1-3-20-19(18-13-14(18)2)17-11-9-16(10-12-17)15-7-5-4-6-8-15/h4-12,14,18-20H,3,13H2,1-2H3. The van der Waals surface area contributed by atoms with Crippen molar-refractivity contribution in [2.45, 2.75) is 26.3 Å². The van der Waals surface area contributed by atoms with Gasteiger partial charge in [-0.15, -0.1) is 0 Å². The van der Waals surface area contributed by atoms with Crippen molar-refractivity contribution in [3.05, 3.63) is 60.2 Å². The minimum Gasteiger partial charge on any atom is -0.310 e. The molecule has 1 fully saturated rings. The molecule has 2 aromatic rings. The maximum atomic E-state index is 3.65. The van der Waals surface area contributed by atoms with Gasteiger partial charge in [-0.05, 0) is 41.5 Å². The summed E-state index contributed by atoms with van der Waals surface area (Å²) in [4.78, 5) is 0. The molecule has 0 aromatic heterocycles. The first kappa shape index (κ1) is 13.4. The second kappa shape index (κ2) is 5.80. The first-order chi connectivity index (χ1) is 9.79. The Morgan fingerprint density at radius 3 is 2.15 bits per heavy atom. The van der Waals surface area contributed by atoms with Gasteiger partial charge in [-0.3, -0.25) is 0 Å². The molecule has 0 heterocycles. The smallest absolute Gasteiger partial charge is 0.0351 e. The zero-order chi connectivity index (χ0) is 13.9. The van der Waals surface area contributed by atoms with Crippen LogP contribution in [-0.4, -0.2) is 6.54 Å². The van der Waals surface area contributed by atoms with E-state index in [9.17, 15) is 0 Å². The Bertz CT molecular complexity index is 544. The van der Waals surface area contributed by atoms with Gasteiger partial charge < -0.3 is 5.32 Å². The van der Waals surface area contributed by atoms with Crippen molar-refractivity contribution in [1.82, 2.24) is 5.32 Å². The van der Waals surface area contributed by atoms with Crippen LogP contribution in [0, 0.1) is 11.8 Å². The number of hydrogen-bond donors (Lipinski definition) is 1. The predicted octanol–water partition coefficient (Wildman–Crippen LogP) is 4.66. The number of rotatable bonds is 5. The fourth-order valence-electron chi connectivity index (χ4n) is 3.07. The van der Waals surface area contributed by atoms with Gasteiger partial charge in [-0.2, -0.15) is 0 Å². The molecule has 1 N–H and O–H groups in total. The molecule has 1 heteroatoms. The number of benzene rings is 2. The molecular weight excluding hydrogens is 242 g/mol. The predicted molar refractivity (Wildman–Crippen MR) is 85.6 cm³/mol. The fourth-order valence-corrected chi connectivity index (χ4v) is 3.07. The summed E-state index contributed by atoms with van der Waals surface area (Å²) in [7, 11) is 0. The molecule has 0 spiro atoms. The lowest BCUT2D eigenvalue weighted by Gasteiger charge is -2.18. The Kier molecular flexibility index (Phi) is 3.88. The van der Waals surface area contributed by atoms with Crippen molar-refractivity contribution < 1.29 is 0 Å². The second-order valence-electron chi connectivity index (χ2n) is 5.90. The Morgan fingerprint density at radius 2 is 1.60 bits per heavy atom. The van der Waals surface area contributed by atoms with E-state index in [0.29, 0.717) is 6.04 Å². The Morgan fingerprint density at radius 1 is 1.00 bits per heavy atom. The lowest BCUT2D eigenvalue weighted by atomic mass is 9.97. The van der Waals surface area contributed by atoms with E-state index < -0.39 is 0 Å². The highest BCUT2D eigenvalue weighted by Gasteiger charge is 2.39. The molecule has 2 aromatic carbocycles. The van der Waals surface area contributed by atoms with Crippen LogP contribution in [0.25, 0.3) is 11.1 Å². The molecule has 0 radical (unpaired) electrons. The Hall–Kier alpha value is -1.60. The molecule has 0 saturated heterocycles. The average Bonchev–Trinajstić information content (AvgIpc) is 3.22. The van der Waals surface area contributed by atoms with Gasteiger partial charge in [0.2, 0.25) is 0 Å². The van der Waals surface area contributed by atoms with Gasteiger partial charge in [-0.1, -0.05) is 68.4 Å². The van der Waals surface area contributed by atoms with Gasteiger partial charge in [0.05, 0.1) is 0 Å². The van der Waals surface area contributed by atoms with Crippen molar-refractivity contribution in [1.29, 1.82) is 0 Å². The van der Waals surface area contributed by atoms with Crippen LogP contribution in [0.5, 0.6) is 0 Å². The first-order valence-corrected chi connectivity index (χ1v) is 7.68. The summed E-state index contributed by atoms with van der Waals surface area (Å²) in [5.41, 5.74) is 4.02. The van der Waals surface area contributed by atoms with Crippen LogP contribution in [0.15, 0.2) is 54.6 Å². The summed E-state index contributed by atoms with van der Waals surface area (Å²) in [6.45, 7) is 5.58. The van der Waals surface area contributed by atoms with Crippen LogP contribution < -0.4 is 5.32 Å². The largest absolute Gasteiger partial charge is 0.310 e. The van der Waals surface area contributed by atoms with Crippen LogP contribution in [0.4, 0.5) is 0 Å². The average molecular weight is 265 g/mol. The molecule has 0 aliphatic heterocycles. The number of hydrogen-bond acceptors (Lipinski definition) is 1. The van der Waals surface area contributed by atoms with E-state index in [4.69, 9.17) is 0 Å². The quantitative estimate of drug-likeness (QED) is 0.829. The molecule has 3 atom stereocenters. The summed E-state index contributed by atoms with van der Waals surface area (Å²) in [5, 5.41) is 3.65. The zero-order valence-corrected chi connectivity index (χ0v) is 12.3. The third-order valence-corrected chi connectivity index (χ3v) is 4.40. The lowest BCUT2D eigenvalue weighted by molar-refractivity contribution is 0.476. The van der Waals surface area contributed by atoms with Gasteiger partial charge >= 0.3 is 0 Å². The van der Waals surface area contributed by atoms with Gasteiger partial charge in [0.15, 0.2) is 0 Å². The first-order valence-electron chi connectivity index (χ1n) is 7.68. The maximum absolute atomic E-state index is 3.65. The Labute approximate surface area is 122 Å². The monoisotopic (exact) mass is 265 g/mol. The summed E-state index contributed by atoms with van der Waals surface area (Å²) in [6.07, 6.45) is 1.36. The molecule has 1 aliphatic rings. The molecule has 1 saturated carbocycles. The van der Waals surface area contributed by atoms with E-state index >= 15 is 0 Å². The van der Waals surface area contributed by atoms with Crippen LogP contribution in [-0.2, 0) is 0 Å². The third kappa shape index (κ3) is 2.78. The van der Waals surface area contributed by atoms with Crippen molar-refractivity contribution in [2.24, 2.45) is 11.8 Å². The van der Waals surface area contributed by atoms with E-state index in [0.717, 1.165) is 18.4 Å². The molecule has 0 bridgehead atoms. The molecule has 3 unspecified atom stereocenters. The molecular formula is C19H23N. The van der Waals surface area contributed by atoms with Crippen LogP contribution >= 0.6 is 0 Å².